The van der Waals surface area contributed by atoms with Gasteiger partial charge >= 0.3 is 5.97 Å². The molecule has 0 radical (unpaired) electrons. The molecule has 1 unspecified atom stereocenters. The van der Waals surface area contributed by atoms with Crippen LogP contribution in [-0.4, -0.2) is 29.1 Å². The molecule has 0 saturated heterocycles. The molecule has 3 rings (SSSR count). The van der Waals surface area contributed by atoms with Crippen molar-refractivity contribution >= 4 is 11.8 Å². The van der Waals surface area contributed by atoms with E-state index in [1.54, 1.807) is 20.8 Å². The van der Waals surface area contributed by atoms with E-state index in [-0.39, 0.29) is 24.4 Å². The third kappa shape index (κ3) is 2.24. The summed E-state index contributed by atoms with van der Waals surface area (Å²) >= 11 is 0. The first-order chi connectivity index (χ1) is 10.8. The van der Waals surface area contributed by atoms with E-state index in [1.807, 2.05) is 24.3 Å². The number of rotatable bonds is 2. The first-order valence-corrected chi connectivity index (χ1v) is 8.03. The van der Waals surface area contributed by atoms with Crippen molar-refractivity contribution in [2.45, 2.75) is 45.6 Å². The van der Waals surface area contributed by atoms with Gasteiger partial charge in [0.25, 0.3) is 0 Å². The first-order valence-electron chi connectivity index (χ1n) is 8.03. The van der Waals surface area contributed by atoms with E-state index in [0.29, 0.717) is 18.4 Å². The van der Waals surface area contributed by atoms with Crippen molar-refractivity contribution in [3.05, 3.63) is 46.5 Å². The largest absolute Gasteiger partial charge is 0.462 e. The van der Waals surface area contributed by atoms with Crippen molar-refractivity contribution in [3.8, 4) is 0 Å². The molecular weight excluding hydrogens is 292 g/mol. The Kier molecular flexibility index (Phi) is 3.68. The molecule has 122 valence electrons. The zero-order valence-corrected chi connectivity index (χ0v) is 13.8. The minimum Gasteiger partial charge on any atom is -0.462 e. The van der Waals surface area contributed by atoms with E-state index in [4.69, 9.17) is 4.74 Å². The van der Waals surface area contributed by atoms with Crippen LogP contribution in [-0.2, 0) is 27.2 Å². The molecule has 1 atom stereocenters. The fourth-order valence-corrected chi connectivity index (χ4v) is 4.15. The van der Waals surface area contributed by atoms with Gasteiger partial charge in [0.05, 0.1) is 12.2 Å². The summed E-state index contributed by atoms with van der Waals surface area (Å²) in [5, 5.41) is 11.1. The second kappa shape index (κ2) is 5.31. The number of ether oxygens (including phenoxy) is 1. The molecule has 0 fully saturated rings. The molecule has 1 spiro atoms. The van der Waals surface area contributed by atoms with E-state index in [9.17, 15) is 14.7 Å². The minimum absolute atomic E-state index is 0.0491. The quantitative estimate of drug-likeness (QED) is 0.672. The van der Waals surface area contributed by atoms with E-state index in [1.165, 1.54) is 11.1 Å². The average Bonchev–Trinajstić information content (AvgIpc) is 2.87. The van der Waals surface area contributed by atoms with E-state index in [0.717, 1.165) is 0 Å². The lowest BCUT2D eigenvalue weighted by molar-refractivity contribution is -0.143. The predicted octanol–water partition coefficient (Wildman–Crippen LogP) is 2.38. The van der Waals surface area contributed by atoms with Crippen molar-refractivity contribution in [2.75, 3.05) is 6.61 Å². The van der Waals surface area contributed by atoms with Gasteiger partial charge in [-0.05, 0) is 50.3 Å². The molecule has 0 heterocycles. The summed E-state index contributed by atoms with van der Waals surface area (Å²) < 4.78 is 5.07. The van der Waals surface area contributed by atoms with Crippen LogP contribution in [0.15, 0.2) is 35.4 Å². The molecule has 0 aromatic heterocycles. The van der Waals surface area contributed by atoms with Gasteiger partial charge in [-0.15, -0.1) is 0 Å². The van der Waals surface area contributed by atoms with Crippen LogP contribution in [0.4, 0.5) is 0 Å². The number of benzene rings is 1. The highest BCUT2D eigenvalue weighted by Gasteiger charge is 2.57. The number of esters is 1. The van der Waals surface area contributed by atoms with Gasteiger partial charge in [-0.3, -0.25) is 4.79 Å². The summed E-state index contributed by atoms with van der Waals surface area (Å²) in [6.07, 6.45) is 1.23. The molecular formula is C19H22O4. The second-order valence-corrected chi connectivity index (χ2v) is 6.80. The zero-order valence-electron chi connectivity index (χ0n) is 13.8. The van der Waals surface area contributed by atoms with Crippen LogP contribution in [0, 0.1) is 5.41 Å². The van der Waals surface area contributed by atoms with Crippen LogP contribution in [0.1, 0.15) is 38.3 Å². The summed E-state index contributed by atoms with van der Waals surface area (Å²) in [5.74, 6) is -0.895. The predicted molar refractivity (Wildman–Crippen MR) is 85.9 cm³/mol. The Morgan fingerprint density at radius 1 is 1.22 bits per heavy atom. The number of hydrogen-bond acceptors (Lipinski definition) is 4. The van der Waals surface area contributed by atoms with Gasteiger partial charge in [0.1, 0.15) is 5.57 Å². The van der Waals surface area contributed by atoms with Crippen molar-refractivity contribution < 1.29 is 19.4 Å². The highest BCUT2D eigenvalue weighted by molar-refractivity contribution is 6.19. The van der Waals surface area contributed by atoms with Crippen LogP contribution >= 0.6 is 0 Å². The summed E-state index contributed by atoms with van der Waals surface area (Å²) in [4.78, 5) is 24.7. The van der Waals surface area contributed by atoms with Crippen LogP contribution in [0.3, 0.4) is 0 Å². The molecule has 2 aliphatic carbocycles. The summed E-state index contributed by atoms with van der Waals surface area (Å²) in [5.41, 5.74) is 1.34. The second-order valence-electron chi connectivity index (χ2n) is 6.80. The third-order valence-electron chi connectivity index (χ3n) is 5.49. The van der Waals surface area contributed by atoms with Crippen LogP contribution < -0.4 is 0 Å². The smallest absolute Gasteiger partial charge is 0.341 e. The molecule has 1 N–H and O–H groups in total. The van der Waals surface area contributed by atoms with Gasteiger partial charge in [0.2, 0.25) is 0 Å². The SMILES string of the molecule is CCOC(=O)C1=C(C)C2(Cc3ccccc3C2)C(C)(O)CC1=O. The number of carbonyl (C=O) groups is 2. The maximum atomic E-state index is 12.4. The number of Topliss-reactive ketones (excluding diaryl/α,β-unsaturated/α-hetero) is 1. The van der Waals surface area contributed by atoms with Gasteiger partial charge in [-0.2, -0.15) is 0 Å². The maximum Gasteiger partial charge on any atom is 0.341 e. The Balaban J connectivity index is 2.14. The van der Waals surface area contributed by atoms with Crippen LogP contribution in [0.5, 0.6) is 0 Å². The normalized spacial score (nSPS) is 25.7. The van der Waals surface area contributed by atoms with Gasteiger partial charge in [-0.1, -0.05) is 24.3 Å². The fourth-order valence-electron chi connectivity index (χ4n) is 4.15. The van der Waals surface area contributed by atoms with Crippen LogP contribution in [0.25, 0.3) is 0 Å². The molecule has 1 aromatic rings. The molecule has 0 aliphatic heterocycles. The third-order valence-corrected chi connectivity index (χ3v) is 5.49. The van der Waals surface area contributed by atoms with E-state index in [2.05, 4.69) is 0 Å². The van der Waals surface area contributed by atoms with Crippen LogP contribution in [0.2, 0.25) is 0 Å². The molecule has 1 aromatic carbocycles. The highest BCUT2D eigenvalue weighted by atomic mass is 16.5. The molecule has 0 amide bonds. The number of aliphatic hydroxyl groups is 1. The van der Waals surface area contributed by atoms with Crippen molar-refractivity contribution in [2.24, 2.45) is 5.41 Å². The Labute approximate surface area is 136 Å². The monoisotopic (exact) mass is 314 g/mol. The fraction of sp³-hybridized carbons (Fsp3) is 0.474. The van der Waals surface area contributed by atoms with Gasteiger partial charge in [-0.25, -0.2) is 4.79 Å². The van der Waals surface area contributed by atoms with Gasteiger partial charge in [0.15, 0.2) is 5.78 Å². The maximum absolute atomic E-state index is 12.4. The zero-order chi connectivity index (χ0) is 16.8. The number of ketones is 1. The van der Waals surface area contributed by atoms with E-state index < -0.39 is 17.0 Å². The lowest BCUT2D eigenvalue weighted by Gasteiger charge is -2.47. The van der Waals surface area contributed by atoms with Crippen molar-refractivity contribution in [1.82, 2.24) is 0 Å². The Morgan fingerprint density at radius 3 is 2.30 bits per heavy atom. The molecule has 4 nitrogen and oxygen atoms in total. The summed E-state index contributed by atoms with van der Waals surface area (Å²) in [6, 6.07) is 8.06. The standard InChI is InChI=1S/C19H22O4/c1-4-23-17(21)16-12(2)19(18(3,22)11-15(16)20)9-13-7-5-6-8-14(13)10-19/h5-8,22H,4,9-11H2,1-3H3. The average molecular weight is 314 g/mol. The van der Waals surface area contributed by atoms with Gasteiger partial charge in [0, 0.05) is 11.8 Å². The number of fused-ring (bicyclic) bond motifs is 1. The number of carbonyl (C=O) groups excluding carboxylic acids is 2. The summed E-state index contributed by atoms with van der Waals surface area (Å²) in [6.45, 7) is 5.46. The Hall–Kier alpha value is -1.94. The van der Waals surface area contributed by atoms with E-state index >= 15 is 0 Å². The molecule has 0 bridgehead atoms. The minimum atomic E-state index is -1.18. The molecule has 4 heteroatoms. The van der Waals surface area contributed by atoms with Crippen molar-refractivity contribution in [1.29, 1.82) is 0 Å². The molecule has 2 aliphatic rings. The first kappa shape index (κ1) is 15.9. The number of hydrogen-bond donors (Lipinski definition) is 1. The highest BCUT2D eigenvalue weighted by Crippen LogP contribution is 2.54. The Bertz CT molecular complexity index is 687. The lowest BCUT2D eigenvalue weighted by atomic mass is 9.59. The van der Waals surface area contributed by atoms with Crippen molar-refractivity contribution in [3.63, 3.8) is 0 Å². The van der Waals surface area contributed by atoms with Gasteiger partial charge < -0.3 is 9.84 Å². The summed E-state index contributed by atoms with van der Waals surface area (Å²) in [7, 11) is 0. The molecule has 23 heavy (non-hydrogen) atoms. The topological polar surface area (TPSA) is 63.6 Å². The molecule has 0 saturated carbocycles. The lowest BCUT2D eigenvalue weighted by Crippen LogP contribution is -2.53. The Morgan fingerprint density at radius 2 is 1.78 bits per heavy atom.